The molecule has 0 atom stereocenters. The maximum atomic E-state index is 13.1. The number of hydrogen-bond donors (Lipinski definition) is 1. The number of carbonyl (C=O) groups is 2. The van der Waals surface area contributed by atoms with E-state index < -0.39 is 0 Å². The molecule has 0 unspecified atom stereocenters. The maximum Gasteiger partial charge on any atom is 0.254 e. The van der Waals surface area contributed by atoms with E-state index in [1.54, 1.807) is 32.4 Å². The first-order valence-corrected chi connectivity index (χ1v) is 10.9. The molecule has 166 valence electrons. The second-order valence-corrected chi connectivity index (χ2v) is 8.04. The summed E-state index contributed by atoms with van der Waals surface area (Å²) in [5, 5.41) is 5.08. The Labute approximate surface area is 188 Å². The van der Waals surface area contributed by atoms with Gasteiger partial charge in [0.2, 0.25) is 0 Å². The van der Waals surface area contributed by atoms with Gasteiger partial charge in [-0.2, -0.15) is 0 Å². The van der Waals surface area contributed by atoms with Crippen LogP contribution in [0.5, 0.6) is 11.5 Å². The Morgan fingerprint density at radius 1 is 0.938 bits per heavy atom. The van der Waals surface area contributed by atoms with Gasteiger partial charge >= 0.3 is 0 Å². The number of fused-ring (bicyclic) bond motifs is 1. The minimum absolute atomic E-state index is 0.0783. The number of nitrogens with zero attached hydrogens (tertiary/aromatic N) is 1. The van der Waals surface area contributed by atoms with E-state index in [1.165, 1.54) is 0 Å². The molecule has 1 fully saturated rings. The highest BCUT2D eigenvalue weighted by Crippen LogP contribution is 2.28. The van der Waals surface area contributed by atoms with E-state index in [1.807, 2.05) is 47.4 Å². The summed E-state index contributed by atoms with van der Waals surface area (Å²) in [6.45, 7) is 1.97. The molecule has 6 nitrogen and oxygen atoms in total. The number of amides is 2. The Morgan fingerprint density at radius 3 is 2.41 bits per heavy atom. The van der Waals surface area contributed by atoms with Gasteiger partial charge in [0, 0.05) is 30.8 Å². The van der Waals surface area contributed by atoms with Crippen LogP contribution in [0.15, 0.2) is 60.7 Å². The fourth-order valence-electron chi connectivity index (χ4n) is 4.24. The molecule has 0 aromatic heterocycles. The molecule has 6 heteroatoms. The molecule has 0 saturated carbocycles. The molecule has 0 spiro atoms. The minimum Gasteiger partial charge on any atom is -0.493 e. The maximum absolute atomic E-state index is 13.1. The van der Waals surface area contributed by atoms with Crippen molar-refractivity contribution in [2.45, 2.75) is 12.8 Å². The zero-order chi connectivity index (χ0) is 22.5. The van der Waals surface area contributed by atoms with Gasteiger partial charge in [-0.15, -0.1) is 0 Å². The smallest absolute Gasteiger partial charge is 0.254 e. The van der Waals surface area contributed by atoms with Crippen molar-refractivity contribution in [1.29, 1.82) is 0 Å². The Kier molecular flexibility index (Phi) is 6.59. The minimum atomic E-state index is -0.139. The zero-order valence-electron chi connectivity index (χ0n) is 18.5. The fraction of sp³-hybridized carbons (Fsp3) is 0.308. The van der Waals surface area contributed by atoms with Crippen molar-refractivity contribution in [3.63, 3.8) is 0 Å². The van der Waals surface area contributed by atoms with Gasteiger partial charge in [-0.1, -0.05) is 36.4 Å². The third-order valence-electron chi connectivity index (χ3n) is 6.12. The second kappa shape index (κ2) is 9.73. The molecule has 1 heterocycles. The summed E-state index contributed by atoms with van der Waals surface area (Å²) in [7, 11) is 3.11. The molecule has 1 N–H and O–H groups in total. The summed E-state index contributed by atoms with van der Waals surface area (Å²) in [6.07, 6.45) is 1.73. The van der Waals surface area contributed by atoms with Gasteiger partial charge in [0.1, 0.15) is 0 Å². The molecular weight excluding hydrogens is 404 g/mol. The van der Waals surface area contributed by atoms with Crippen LogP contribution in [-0.4, -0.2) is 50.6 Å². The highest BCUT2D eigenvalue weighted by Gasteiger charge is 2.25. The highest BCUT2D eigenvalue weighted by atomic mass is 16.5. The summed E-state index contributed by atoms with van der Waals surface area (Å²) in [5.41, 5.74) is 1.29. The molecule has 0 radical (unpaired) electrons. The van der Waals surface area contributed by atoms with E-state index >= 15 is 0 Å². The summed E-state index contributed by atoms with van der Waals surface area (Å²) in [4.78, 5) is 27.6. The van der Waals surface area contributed by atoms with Gasteiger partial charge in [-0.25, -0.2) is 0 Å². The second-order valence-electron chi connectivity index (χ2n) is 8.04. The van der Waals surface area contributed by atoms with Crippen molar-refractivity contribution < 1.29 is 19.1 Å². The summed E-state index contributed by atoms with van der Waals surface area (Å²) < 4.78 is 10.5. The molecular formula is C26H28N2O4. The first kappa shape index (κ1) is 21.7. The van der Waals surface area contributed by atoms with Gasteiger partial charge < -0.3 is 19.7 Å². The predicted octanol–water partition coefficient (Wildman–Crippen LogP) is 4.14. The van der Waals surface area contributed by atoms with Crippen molar-refractivity contribution >= 4 is 22.6 Å². The standard InChI is InChI=1S/C26H28N2O4/c1-31-23-11-10-20(16-24(23)32-2)25(29)27-17-18-12-14-28(15-13-18)26(30)22-9-5-7-19-6-3-4-8-21(19)22/h3-11,16,18H,12-15,17H2,1-2H3,(H,27,29). The van der Waals surface area contributed by atoms with E-state index in [9.17, 15) is 9.59 Å². The summed E-state index contributed by atoms with van der Waals surface area (Å²) >= 11 is 0. The van der Waals surface area contributed by atoms with Crippen molar-refractivity contribution in [1.82, 2.24) is 10.2 Å². The monoisotopic (exact) mass is 432 g/mol. The van der Waals surface area contributed by atoms with Crippen LogP contribution in [0.3, 0.4) is 0 Å². The number of methoxy groups -OCH3 is 2. The summed E-state index contributed by atoms with van der Waals surface area (Å²) in [5.74, 6) is 1.40. The highest BCUT2D eigenvalue weighted by molar-refractivity contribution is 6.07. The molecule has 1 aliphatic rings. The third-order valence-corrected chi connectivity index (χ3v) is 6.12. The number of hydrogen-bond acceptors (Lipinski definition) is 4. The normalized spacial score (nSPS) is 14.2. The average molecular weight is 433 g/mol. The third kappa shape index (κ3) is 4.54. The Morgan fingerprint density at radius 2 is 1.66 bits per heavy atom. The molecule has 3 aromatic carbocycles. The van der Waals surface area contributed by atoms with Crippen LogP contribution in [0.1, 0.15) is 33.6 Å². The van der Waals surface area contributed by atoms with Crippen LogP contribution < -0.4 is 14.8 Å². The van der Waals surface area contributed by atoms with Gasteiger partial charge in [0.25, 0.3) is 11.8 Å². The number of likely N-dealkylation sites (tertiary alicyclic amines) is 1. The predicted molar refractivity (Wildman–Crippen MR) is 124 cm³/mol. The van der Waals surface area contributed by atoms with Crippen molar-refractivity contribution in [2.24, 2.45) is 5.92 Å². The lowest BCUT2D eigenvalue weighted by Gasteiger charge is -2.32. The molecule has 1 saturated heterocycles. The lowest BCUT2D eigenvalue weighted by atomic mass is 9.95. The molecule has 32 heavy (non-hydrogen) atoms. The Bertz CT molecular complexity index is 1110. The summed E-state index contributed by atoms with van der Waals surface area (Å²) in [6, 6.07) is 19.0. The van der Waals surface area contributed by atoms with Crippen LogP contribution in [0, 0.1) is 5.92 Å². The molecule has 3 aromatic rings. The SMILES string of the molecule is COc1ccc(C(=O)NCC2CCN(C(=O)c3cccc4ccccc34)CC2)cc1OC. The first-order chi connectivity index (χ1) is 15.6. The van der Waals surface area contributed by atoms with Crippen LogP contribution in [0.4, 0.5) is 0 Å². The van der Waals surface area contributed by atoms with Gasteiger partial charge in [0.05, 0.1) is 14.2 Å². The number of rotatable bonds is 6. The number of nitrogens with one attached hydrogen (secondary N) is 1. The van der Waals surface area contributed by atoms with Crippen LogP contribution >= 0.6 is 0 Å². The molecule has 0 aliphatic carbocycles. The van der Waals surface area contributed by atoms with Gasteiger partial charge in [0.15, 0.2) is 11.5 Å². The van der Waals surface area contributed by atoms with E-state index in [0.29, 0.717) is 42.6 Å². The Balaban J connectivity index is 1.32. The number of benzene rings is 3. The van der Waals surface area contributed by atoms with Crippen molar-refractivity contribution in [3.8, 4) is 11.5 Å². The number of ether oxygens (including phenoxy) is 2. The van der Waals surface area contributed by atoms with Crippen LogP contribution in [-0.2, 0) is 0 Å². The van der Waals surface area contributed by atoms with Crippen LogP contribution in [0.25, 0.3) is 10.8 Å². The van der Waals surface area contributed by atoms with Gasteiger partial charge in [-0.05, 0) is 53.8 Å². The Hall–Kier alpha value is -3.54. The molecule has 1 aliphatic heterocycles. The lowest BCUT2D eigenvalue weighted by molar-refractivity contribution is 0.0686. The molecule has 2 amide bonds. The largest absolute Gasteiger partial charge is 0.493 e. The average Bonchev–Trinajstić information content (AvgIpc) is 2.86. The number of piperidine rings is 1. The van der Waals surface area contributed by atoms with E-state index in [-0.39, 0.29) is 11.8 Å². The van der Waals surface area contributed by atoms with E-state index in [4.69, 9.17) is 9.47 Å². The molecule has 0 bridgehead atoms. The van der Waals surface area contributed by atoms with E-state index in [0.717, 1.165) is 29.2 Å². The first-order valence-electron chi connectivity index (χ1n) is 10.9. The quantitative estimate of drug-likeness (QED) is 0.636. The van der Waals surface area contributed by atoms with Crippen LogP contribution in [0.2, 0.25) is 0 Å². The van der Waals surface area contributed by atoms with Crippen molar-refractivity contribution in [2.75, 3.05) is 33.9 Å². The van der Waals surface area contributed by atoms with Crippen molar-refractivity contribution in [3.05, 3.63) is 71.8 Å². The topological polar surface area (TPSA) is 67.9 Å². The molecule has 4 rings (SSSR count). The number of carbonyl (C=O) groups excluding carboxylic acids is 2. The lowest BCUT2D eigenvalue weighted by Crippen LogP contribution is -2.41. The fourth-order valence-corrected chi connectivity index (χ4v) is 4.24. The zero-order valence-corrected chi connectivity index (χ0v) is 18.5. The van der Waals surface area contributed by atoms with E-state index in [2.05, 4.69) is 5.32 Å². The van der Waals surface area contributed by atoms with Gasteiger partial charge in [-0.3, -0.25) is 9.59 Å².